The van der Waals surface area contributed by atoms with Crippen LogP contribution in [0.1, 0.15) is 5.56 Å². The molecule has 1 amide bonds. The fourth-order valence-electron chi connectivity index (χ4n) is 1.42. The van der Waals surface area contributed by atoms with Crippen LogP contribution in [0.15, 0.2) is 34.2 Å². The predicted molar refractivity (Wildman–Crippen MR) is 86.1 cm³/mol. The summed E-state index contributed by atoms with van der Waals surface area (Å²) in [4.78, 5) is 27.0. The van der Waals surface area contributed by atoms with Gasteiger partial charge in [0.25, 0.3) is 5.91 Å². The van der Waals surface area contributed by atoms with E-state index in [1.54, 1.807) is 30.5 Å². The lowest BCUT2D eigenvalue weighted by molar-refractivity contribution is -0.149. The monoisotopic (exact) mass is 395 g/mol. The Morgan fingerprint density at radius 2 is 2.04 bits per heavy atom. The topological polar surface area (TPSA) is 101 Å². The van der Waals surface area contributed by atoms with Gasteiger partial charge in [-0.2, -0.15) is 5.26 Å². The fraction of sp³-hybridized carbons (Fsp3) is 0.143. The maximum Gasteiger partial charge on any atom is 0.344 e. The van der Waals surface area contributed by atoms with Gasteiger partial charge in [0, 0.05) is 0 Å². The number of ether oxygens (including phenoxy) is 2. The van der Waals surface area contributed by atoms with Gasteiger partial charge in [-0.15, -0.1) is 0 Å². The van der Waals surface area contributed by atoms with Gasteiger partial charge in [0.15, 0.2) is 18.3 Å². The van der Waals surface area contributed by atoms with E-state index < -0.39 is 18.5 Å². The third kappa shape index (κ3) is 5.69. The van der Waals surface area contributed by atoms with Crippen LogP contribution in [0.4, 0.5) is 5.13 Å². The summed E-state index contributed by atoms with van der Waals surface area (Å²) in [6, 6.07) is 8.25. The van der Waals surface area contributed by atoms with Crippen LogP contribution in [-0.4, -0.2) is 30.1 Å². The Kier molecular flexibility index (Phi) is 6.08. The molecular formula is C14H10BrN3O4S. The van der Waals surface area contributed by atoms with Crippen molar-refractivity contribution in [3.63, 3.8) is 0 Å². The van der Waals surface area contributed by atoms with E-state index in [1.807, 2.05) is 6.07 Å². The zero-order chi connectivity index (χ0) is 16.7. The molecule has 0 aliphatic heterocycles. The first kappa shape index (κ1) is 16.9. The number of benzene rings is 1. The number of esters is 1. The van der Waals surface area contributed by atoms with Gasteiger partial charge in [-0.1, -0.05) is 11.3 Å². The summed E-state index contributed by atoms with van der Waals surface area (Å²) in [6.07, 6.45) is 1.55. The van der Waals surface area contributed by atoms with E-state index >= 15 is 0 Å². The Labute approximate surface area is 144 Å². The average molecular weight is 396 g/mol. The van der Waals surface area contributed by atoms with Crippen LogP contribution >= 0.6 is 27.3 Å². The molecule has 0 saturated carbocycles. The number of anilines is 1. The van der Waals surface area contributed by atoms with Crippen molar-refractivity contribution in [2.75, 3.05) is 18.5 Å². The lowest BCUT2D eigenvalue weighted by atomic mass is 10.2. The first-order valence-electron chi connectivity index (χ1n) is 6.26. The first-order chi connectivity index (χ1) is 11.1. The molecule has 0 saturated heterocycles. The van der Waals surface area contributed by atoms with Gasteiger partial charge in [0.1, 0.15) is 5.75 Å². The summed E-state index contributed by atoms with van der Waals surface area (Å²) in [7, 11) is 0. The molecule has 0 atom stereocenters. The fourth-order valence-corrected chi connectivity index (χ4v) is 2.55. The van der Waals surface area contributed by atoms with Gasteiger partial charge in [-0.05, 0) is 40.2 Å². The molecule has 0 fully saturated rings. The predicted octanol–water partition coefficient (Wildman–Crippen LogP) is 2.34. The van der Waals surface area contributed by atoms with E-state index in [0.29, 0.717) is 16.4 Å². The molecule has 1 aromatic carbocycles. The van der Waals surface area contributed by atoms with E-state index in [1.165, 1.54) is 11.3 Å². The molecule has 2 rings (SSSR count). The van der Waals surface area contributed by atoms with Gasteiger partial charge in [0.05, 0.1) is 21.6 Å². The molecule has 0 aliphatic rings. The zero-order valence-corrected chi connectivity index (χ0v) is 14.0. The summed E-state index contributed by atoms with van der Waals surface area (Å²) in [5.41, 5.74) is 0.491. The zero-order valence-electron chi connectivity index (χ0n) is 11.6. The number of carbonyl (C=O) groups excluding carboxylic acids is 2. The lowest BCUT2D eigenvalue weighted by Crippen LogP contribution is -2.23. The summed E-state index contributed by atoms with van der Waals surface area (Å²) in [5.74, 6) is -0.735. The number of hydrogen-bond acceptors (Lipinski definition) is 7. The van der Waals surface area contributed by atoms with Crippen LogP contribution in [0.2, 0.25) is 0 Å². The van der Waals surface area contributed by atoms with E-state index in [4.69, 9.17) is 14.7 Å². The maximum atomic E-state index is 11.6. The van der Waals surface area contributed by atoms with Gasteiger partial charge < -0.3 is 9.47 Å². The van der Waals surface area contributed by atoms with E-state index in [-0.39, 0.29) is 6.61 Å². The molecule has 1 heterocycles. The van der Waals surface area contributed by atoms with Crippen LogP contribution in [0.5, 0.6) is 5.75 Å². The third-order valence-electron chi connectivity index (χ3n) is 2.43. The van der Waals surface area contributed by atoms with Crippen molar-refractivity contribution in [3.05, 3.63) is 39.8 Å². The first-order valence-corrected chi connectivity index (χ1v) is 7.87. The Balaban J connectivity index is 1.70. The highest BCUT2D eigenvalue weighted by Gasteiger charge is 2.10. The van der Waals surface area contributed by atoms with Crippen LogP contribution in [-0.2, 0) is 14.3 Å². The highest BCUT2D eigenvalue weighted by molar-refractivity contribution is 9.11. The molecule has 2 aromatic rings. The van der Waals surface area contributed by atoms with Gasteiger partial charge in [-0.25, -0.2) is 9.78 Å². The van der Waals surface area contributed by atoms with Crippen molar-refractivity contribution < 1.29 is 19.1 Å². The molecule has 0 bridgehead atoms. The molecule has 23 heavy (non-hydrogen) atoms. The minimum absolute atomic E-state index is 0.331. The Bertz CT molecular complexity index is 739. The molecule has 1 N–H and O–H groups in total. The quantitative estimate of drug-likeness (QED) is 0.753. The van der Waals surface area contributed by atoms with E-state index in [9.17, 15) is 9.59 Å². The maximum absolute atomic E-state index is 11.6. The molecule has 0 unspecified atom stereocenters. The number of halogens is 1. The van der Waals surface area contributed by atoms with Crippen molar-refractivity contribution in [1.29, 1.82) is 5.26 Å². The second-order valence-corrected chi connectivity index (χ2v) is 6.51. The van der Waals surface area contributed by atoms with Gasteiger partial charge >= 0.3 is 5.97 Å². The normalized spacial score (nSPS) is 9.74. The second kappa shape index (κ2) is 8.26. The minimum Gasteiger partial charge on any atom is -0.482 e. The number of nitrogens with one attached hydrogen (secondary N) is 1. The molecule has 0 aliphatic carbocycles. The largest absolute Gasteiger partial charge is 0.482 e. The number of nitriles is 1. The van der Waals surface area contributed by atoms with Crippen LogP contribution < -0.4 is 10.1 Å². The lowest BCUT2D eigenvalue weighted by Gasteiger charge is -2.06. The van der Waals surface area contributed by atoms with Crippen molar-refractivity contribution in [1.82, 2.24) is 4.98 Å². The summed E-state index contributed by atoms with van der Waals surface area (Å²) in [5, 5.41) is 11.6. The number of carbonyl (C=O) groups is 2. The van der Waals surface area contributed by atoms with Crippen LogP contribution in [0.25, 0.3) is 0 Å². The minimum atomic E-state index is -0.676. The molecule has 1 aromatic heterocycles. The Morgan fingerprint density at radius 1 is 1.30 bits per heavy atom. The molecule has 9 heteroatoms. The summed E-state index contributed by atoms with van der Waals surface area (Å²) >= 11 is 4.47. The second-order valence-electron chi connectivity index (χ2n) is 4.10. The number of rotatable bonds is 6. The molecular weight excluding hydrogens is 386 g/mol. The summed E-state index contributed by atoms with van der Waals surface area (Å²) < 4.78 is 10.8. The SMILES string of the molecule is N#Cc1ccc(OCC(=O)OCC(=O)Nc2ncc(Br)s2)cc1. The molecule has 0 radical (unpaired) electrons. The van der Waals surface area contributed by atoms with Crippen molar-refractivity contribution in [2.24, 2.45) is 0 Å². The van der Waals surface area contributed by atoms with Crippen molar-refractivity contribution in [3.8, 4) is 11.8 Å². The smallest absolute Gasteiger partial charge is 0.344 e. The highest BCUT2D eigenvalue weighted by Crippen LogP contribution is 2.22. The number of amides is 1. The van der Waals surface area contributed by atoms with Gasteiger partial charge in [-0.3, -0.25) is 10.1 Å². The standard InChI is InChI=1S/C14H10BrN3O4S/c15-11-6-17-14(23-11)18-12(19)7-22-13(20)8-21-10-3-1-9(5-16)2-4-10/h1-4,6H,7-8H2,(H,17,18,19). The van der Waals surface area contributed by atoms with Crippen molar-refractivity contribution >= 4 is 44.3 Å². The molecule has 0 spiro atoms. The van der Waals surface area contributed by atoms with Crippen molar-refractivity contribution in [2.45, 2.75) is 0 Å². The molecule has 7 nitrogen and oxygen atoms in total. The van der Waals surface area contributed by atoms with Crippen LogP contribution in [0, 0.1) is 11.3 Å². The van der Waals surface area contributed by atoms with E-state index in [0.717, 1.165) is 3.79 Å². The van der Waals surface area contributed by atoms with E-state index in [2.05, 4.69) is 26.2 Å². The highest BCUT2D eigenvalue weighted by atomic mass is 79.9. The number of thiazole rings is 1. The van der Waals surface area contributed by atoms with Crippen LogP contribution in [0.3, 0.4) is 0 Å². The number of hydrogen-bond donors (Lipinski definition) is 1. The molecule has 118 valence electrons. The summed E-state index contributed by atoms with van der Waals surface area (Å²) in [6.45, 7) is -0.755. The Morgan fingerprint density at radius 3 is 2.65 bits per heavy atom. The Hall–Kier alpha value is -2.44. The number of aromatic nitrogens is 1. The van der Waals surface area contributed by atoms with Gasteiger partial charge in [0.2, 0.25) is 0 Å². The third-order valence-corrected chi connectivity index (χ3v) is 3.82. The number of nitrogens with zero attached hydrogens (tertiary/aromatic N) is 2. The average Bonchev–Trinajstić information content (AvgIpc) is 2.96.